The highest BCUT2D eigenvalue weighted by molar-refractivity contribution is 7.99. The first-order valence-electron chi connectivity index (χ1n) is 9.27. The fraction of sp³-hybridized carbons (Fsp3) is 0.474. The highest BCUT2D eigenvalue weighted by atomic mass is 32.2. The van der Waals surface area contributed by atoms with E-state index in [9.17, 15) is 14.4 Å². The van der Waals surface area contributed by atoms with E-state index in [1.807, 2.05) is 13.8 Å². The summed E-state index contributed by atoms with van der Waals surface area (Å²) in [6.45, 7) is 8.48. The molecule has 0 aromatic carbocycles. The van der Waals surface area contributed by atoms with Crippen molar-refractivity contribution in [2.45, 2.75) is 44.8 Å². The van der Waals surface area contributed by atoms with E-state index in [1.165, 1.54) is 4.88 Å². The number of fused-ring (bicyclic) bond motifs is 3. The van der Waals surface area contributed by atoms with Crippen LogP contribution in [-0.4, -0.2) is 33.8 Å². The molecule has 0 aliphatic heterocycles. The van der Waals surface area contributed by atoms with Crippen LogP contribution in [0, 0.1) is 5.92 Å². The highest BCUT2D eigenvalue weighted by Gasteiger charge is 2.23. The van der Waals surface area contributed by atoms with E-state index in [1.54, 1.807) is 22.0 Å². The van der Waals surface area contributed by atoms with Crippen molar-refractivity contribution < 1.29 is 9.59 Å². The third-order valence-electron chi connectivity index (χ3n) is 4.36. The van der Waals surface area contributed by atoms with Crippen LogP contribution < -0.4 is 16.2 Å². The number of carbonyl (C=O) groups excluding carboxylic acids is 2. The van der Waals surface area contributed by atoms with Crippen LogP contribution in [0.2, 0.25) is 0 Å². The van der Waals surface area contributed by atoms with Crippen LogP contribution in [0.5, 0.6) is 0 Å². The smallest absolute Gasteiger partial charge is 0.321 e. The molecule has 0 unspecified atom stereocenters. The van der Waals surface area contributed by atoms with Gasteiger partial charge in [0.15, 0.2) is 5.16 Å². The summed E-state index contributed by atoms with van der Waals surface area (Å²) < 4.78 is 1.55. The third kappa shape index (κ3) is 4.47. The summed E-state index contributed by atoms with van der Waals surface area (Å²) in [6.07, 6.45) is 4.63. The van der Waals surface area contributed by atoms with Gasteiger partial charge in [-0.25, -0.2) is 9.78 Å². The maximum absolute atomic E-state index is 13.0. The maximum atomic E-state index is 13.0. The molecule has 0 bridgehead atoms. The van der Waals surface area contributed by atoms with Crippen molar-refractivity contribution in [3.8, 4) is 0 Å². The van der Waals surface area contributed by atoms with E-state index in [-0.39, 0.29) is 11.3 Å². The van der Waals surface area contributed by atoms with Gasteiger partial charge in [-0.2, -0.15) is 0 Å². The van der Waals surface area contributed by atoms with Gasteiger partial charge < -0.3 is 5.32 Å². The fourth-order valence-electron chi connectivity index (χ4n) is 3.09. The molecule has 0 spiro atoms. The van der Waals surface area contributed by atoms with Crippen molar-refractivity contribution in [2.24, 2.45) is 5.92 Å². The molecule has 0 radical (unpaired) electrons. The molecule has 0 saturated heterocycles. The lowest BCUT2D eigenvalue weighted by Gasteiger charge is -2.11. The number of rotatable bonds is 7. The van der Waals surface area contributed by atoms with Gasteiger partial charge in [0.25, 0.3) is 5.56 Å². The van der Waals surface area contributed by atoms with Crippen molar-refractivity contribution >= 4 is 45.3 Å². The minimum Gasteiger partial charge on any atom is -0.338 e. The molecule has 0 fully saturated rings. The molecule has 3 rings (SSSR count). The number of amides is 3. The Morgan fingerprint density at radius 1 is 1.39 bits per heavy atom. The zero-order chi connectivity index (χ0) is 20.3. The molecule has 150 valence electrons. The van der Waals surface area contributed by atoms with E-state index in [0.717, 1.165) is 41.4 Å². The van der Waals surface area contributed by atoms with Gasteiger partial charge in [0, 0.05) is 18.0 Å². The van der Waals surface area contributed by atoms with Crippen LogP contribution in [0.1, 0.15) is 30.7 Å². The number of imide groups is 1. The molecule has 7 nitrogen and oxygen atoms in total. The lowest BCUT2D eigenvalue weighted by atomic mass is 10.2. The Labute approximate surface area is 171 Å². The molecule has 0 saturated carbocycles. The number of carbonyl (C=O) groups is 2. The normalized spacial score (nSPS) is 13.0. The molecule has 1 aliphatic rings. The number of urea groups is 1. The van der Waals surface area contributed by atoms with Crippen LogP contribution in [0.15, 0.2) is 22.6 Å². The number of thioether (sulfide) groups is 1. The molecule has 0 atom stereocenters. The third-order valence-corrected chi connectivity index (χ3v) is 6.52. The number of aryl methyl sites for hydroxylation is 2. The van der Waals surface area contributed by atoms with Crippen LogP contribution in [0.25, 0.3) is 10.2 Å². The van der Waals surface area contributed by atoms with Gasteiger partial charge in [0.05, 0.1) is 11.1 Å². The standard InChI is InChI=1S/C19H24N4O3S2/c1-4-8-23-17(25)15-12-6-5-7-13(12)28-16(15)22-19(23)27-10-14(24)21-18(26)20-9-11(2)3/h4,11H,1,5-10H2,2-3H3,(H2,20,21,24,26). The molecular weight excluding hydrogens is 396 g/mol. The van der Waals surface area contributed by atoms with Crippen molar-refractivity contribution in [1.82, 2.24) is 20.2 Å². The first kappa shape index (κ1) is 20.6. The zero-order valence-electron chi connectivity index (χ0n) is 16.0. The minimum absolute atomic E-state index is 0.00468. The van der Waals surface area contributed by atoms with Crippen LogP contribution in [-0.2, 0) is 24.2 Å². The van der Waals surface area contributed by atoms with Gasteiger partial charge in [0.1, 0.15) is 4.83 Å². The van der Waals surface area contributed by atoms with Crippen molar-refractivity contribution in [3.05, 3.63) is 33.4 Å². The minimum atomic E-state index is -0.513. The van der Waals surface area contributed by atoms with E-state index >= 15 is 0 Å². The second-order valence-corrected chi connectivity index (χ2v) is 9.10. The van der Waals surface area contributed by atoms with Crippen LogP contribution >= 0.6 is 23.1 Å². The van der Waals surface area contributed by atoms with Gasteiger partial charge in [0.2, 0.25) is 5.91 Å². The number of nitrogens with zero attached hydrogens (tertiary/aromatic N) is 2. The monoisotopic (exact) mass is 420 g/mol. The lowest BCUT2D eigenvalue weighted by Crippen LogP contribution is -2.41. The number of hydrogen-bond donors (Lipinski definition) is 2. The summed E-state index contributed by atoms with van der Waals surface area (Å²) in [5.74, 6) is -0.138. The average Bonchev–Trinajstić information content (AvgIpc) is 3.21. The molecule has 2 aromatic rings. The first-order chi connectivity index (χ1) is 13.4. The Morgan fingerprint density at radius 2 is 2.18 bits per heavy atom. The average molecular weight is 421 g/mol. The lowest BCUT2D eigenvalue weighted by molar-refractivity contribution is -0.117. The largest absolute Gasteiger partial charge is 0.338 e. The summed E-state index contributed by atoms with van der Waals surface area (Å²) in [7, 11) is 0. The molecule has 3 amide bonds. The van der Waals surface area contributed by atoms with Gasteiger partial charge in [-0.3, -0.25) is 19.5 Å². The fourth-order valence-corrected chi connectivity index (χ4v) is 5.20. The zero-order valence-corrected chi connectivity index (χ0v) is 17.7. The summed E-state index contributed by atoms with van der Waals surface area (Å²) in [5.41, 5.74) is 1.05. The number of aromatic nitrogens is 2. The number of hydrogen-bond acceptors (Lipinski definition) is 6. The summed E-state index contributed by atoms with van der Waals surface area (Å²) in [4.78, 5) is 43.4. The van der Waals surface area contributed by atoms with Crippen molar-refractivity contribution in [2.75, 3.05) is 12.3 Å². The Morgan fingerprint density at radius 3 is 2.89 bits per heavy atom. The van der Waals surface area contributed by atoms with E-state index in [0.29, 0.717) is 29.6 Å². The predicted molar refractivity (Wildman–Crippen MR) is 113 cm³/mol. The van der Waals surface area contributed by atoms with E-state index in [2.05, 4.69) is 22.2 Å². The molecule has 1 aliphatic carbocycles. The SMILES string of the molecule is C=CCn1c(SCC(=O)NC(=O)NCC(C)C)nc2sc3c(c2c1=O)CCC3. The van der Waals surface area contributed by atoms with E-state index < -0.39 is 11.9 Å². The Kier molecular flexibility index (Phi) is 6.56. The van der Waals surface area contributed by atoms with Crippen molar-refractivity contribution in [1.29, 1.82) is 0 Å². The topological polar surface area (TPSA) is 93.1 Å². The second-order valence-electron chi connectivity index (χ2n) is 7.08. The number of allylic oxidation sites excluding steroid dienone is 1. The number of nitrogens with one attached hydrogen (secondary N) is 2. The maximum Gasteiger partial charge on any atom is 0.321 e. The second kappa shape index (κ2) is 8.91. The number of thiophene rings is 1. The Balaban J connectivity index is 1.76. The first-order valence-corrected chi connectivity index (χ1v) is 11.1. The molecule has 2 heterocycles. The Bertz CT molecular complexity index is 978. The van der Waals surface area contributed by atoms with Gasteiger partial charge >= 0.3 is 6.03 Å². The van der Waals surface area contributed by atoms with E-state index in [4.69, 9.17) is 0 Å². The summed E-state index contributed by atoms with van der Waals surface area (Å²) in [5, 5.41) is 6.11. The molecule has 2 N–H and O–H groups in total. The highest BCUT2D eigenvalue weighted by Crippen LogP contribution is 2.35. The van der Waals surface area contributed by atoms with Gasteiger partial charge in [-0.1, -0.05) is 31.7 Å². The van der Waals surface area contributed by atoms with Crippen LogP contribution in [0.3, 0.4) is 0 Å². The summed E-state index contributed by atoms with van der Waals surface area (Å²) >= 11 is 2.72. The van der Waals surface area contributed by atoms with Gasteiger partial charge in [-0.15, -0.1) is 17.9 Å². The molecule has 2 aromatic heterocycles. The Hall–Kier alpha value is -2.13. The molecule has 28 heavy (non-hydrogen) atoms. The van der Waals surface area contributed by atoms with Crippen molar-refractivity contribution in [3.63, 3.8) is 0 Å². The predicted octanol–water partition coefficient (Wildman–Crippen LogP) is 2.71. The summed E-state index contributed by atoms with van der Waals surface area (Å²) in [6, 6.07) is -0.513. The molecular formula is C19H24N4O3S2. The van der Waals surface area contributed by atoms with Gasteiger partial charge in [-0.05, 0) is 30.7 Å². The quantitative estimate of drug-likeness (QED) is 0.408. The van der Waals surface area contributed by atoms with Crippen LogP contribution in [0.4, 0.5) is 4.79 Å². The molecule has 9 heteroatoms.